The van der Waals surface area contributed by atoms with Crippen LogP contribution in [0.15, 0.2) is 12.1 Å². The summed E-state index contributed by atoms with van der Waals surface area (Å²) in [4.78, 5) is 0. The first-order valence-corrected chi connectivity index (χ1v) is 6.76. The normalized spacial score (nSPS) is 11.7. The van der Waals surface area contributed by atoms with Crippen LogP contribution >= 0.6 is 0 Å². The molecule has 0 bridgehead atoms. The third-order valence-electron chi connectivity index (χ3n) is 3.57. The van der Waals surface area contributed by atoms with Gasteiger partial charge in [0.15, 0.2) is 0 Å². The van der Waals surface area contributed by atoms with Crippen LogP contribution in [0.2, 0.25) is 0 Å². The van der Waals surface area contributed by atoms with Gasteiger partial charge in [0.1, 0.15) is 5.75 Å². The van der Waals surface area contributed by atoms with Gasteiger partial charge in [-0.3, -0.25) is 0 Å². The predicted molar refractivity (Wildman–Crippen MR) is 78.2 cm³/mol. The van der Waals surface area contributed by atoms with E-state index in [2.05, 4.69) is 46.8 Å². The van der Waals surface area contributed by atoms with Gasteiger partial charge in [-0.05, 0) is 68.3 Å². The molecule has 0 heterocycles. The topological polar surface area (TPSA) is 35.2 Å². The molecule has 102 valence electrons. The second kappa shape index (κ2) is 6.24. The van der Waals surface area contributed by atoms with E-state index in [0.29, 0.717) is 0 Å². The second-order valence-electron chi connectivity index (χ2n) is 6.03. The molecule has 2 N–H and O–H groups in total. The minimum Gasteiger partial charge on any atom is -0.493 e. The Kier molecular flexibility index (Phi) is 5.21. The maximum Gasteiger partial charge on any atom is 0.122 e. The zero-order chi connectivity index (χ0) is 13.8. The van der Waals surface area contributed by atoms with Crippen LogP contribution in [-0.4, -0.2) is 13.2 Å². The molecule has 0 aromatic heterocycles. The van der Waals surface area contributed by atoms with E-state index in [9.17, 15) is 0 Å². The van der Waals surface area contributed by atoms with Gasteiger partial charge in [0.2, 0.25) is 0 Å². The Hall–Kier alpha value is -1.02. The first-order chi connectivity index (χ1) is 8.35. The minimum atomic E-state index is 0.223. The highest BCUT2D eigenvalue weighted by Gasteiger charge is 2.14. The van der Waals surface area contributed by atoms with E-state index in [1.165, 1.54) is 16.7 Å². The van der Waals surface area contributed by atoms with Crippen LogP contribution in [0.3, 0.4) is 0 Å². The van der Waals surface area contributed by atoms with Gasteiger partial charge in [0.05, 0.1) is 6.61 Å². The highest BCUT2D eigenvalue weighted by atomic mass is 16.5. The van der Waals surface area contributed by atoms with Crippen LogP contribution in [0.4, 0.5) is 0 Å². The van der Waals surface area contributed by atoms with Crippen LogP contribution in [0, 0.1) is 26.2 Å². The second-order valence-corrected chi connectivity index (χ2v) is 6.03. The maximum atomic E-state index is 5.90. The fourth-order valence-corrected chi connectivity index (χ4v) is 1.99. The van der Waals surface area contributed by atoms with E-state index in [1.807, 2.05) is 0 Å². The molecule has 2 heteroatoms. The van der Waals surface area contributed by atoms with Gasteiger partial charge in [0.25, 0.3) is 0 Å². The molecule has 1 aromatic rings. The molecule has 0 unspecified atom stereocenters. The number of nitrogens with two attached hydrogens (primary N) is 1. The van der Waals surface area contributed by atoms with Crippen molar-refractivity contribution in [2.75, 3.05) is 13.2 Å². The summed E-state index contributed by atoms with van der Waals surface area (Å²) in [5.74, 6) is 1.03. The van der Waals surface area contributed by atoms with Gasteiger partial charge in [-0.25, -0.2) is 0 Å². The highest BCUT2D eigenvalue weighted by molar-refractivity contribution is 5.41. The summed E-state index contributed by atoms with van der Waals surface area (Å²) in [6.45, 7) is 12.3. The molecule has 18 heavy (non-hydrogen) atoms. The SMILES string of the molecule is Cc1cc(C)c(C)c(OCCCC(C)(C)CN)c1. The number of benzene rings is 1. The van der Waals surface area contributed by atoms with Gasteiger partial charge >= 0.3 is 0 Å². The van der Waals surface area contributed by atoms with Crippen LogP contribution in [-0.2, 0) is 0 Å². The van der Waals surface area contributed by atoms with E-state index < -0.39 is 0 Å². The Morgan fingerprint density at radius 2 is 1.83 bits per heavy atom. The zero-order valence-corrected chi connectivity index (χ0v) is 12.5. The molecule has 0 saturated heterocycles. The first kappa shape index (κ1) is 15.0. The summed E-state index contributed by atoms with van der Waals surface area (Å²) in [5.41, 5.74) is 9.75. The minimum absolute atomic E-state index is 0.223. The molecule has 0 aliphatic heterocycles. The molecule has 0 amide bonds. The Morgan fingerprint density at radius 3 is 2.44 bits per heavy atom. The van der Waals surface area contributed by atoms with Gasteiger partial charge in [0, 0.05) is 0 Å². The van der Waals surface area contributed by atoms with E-state index in [1.54, 1.807) is 0 Å². The molecule has 0 aliphatic rings. The van der Waals surface area contributed by atoms with Crippen molar-refractivity contribution in [2.24, 2.45) is 11.1 Å². The Balaban J connectivity index is 2.50. The Bertz CT molecular complexity index is 396. The summed E-state index contributed by atoms with van der Waals surface area (Å²) in [7, 11) is 0. The van der Waals surface area contributed by atoms with E-state index in [0.717, 1.165) is 31.7 Å². The highest BCUT2D eigenvalue weighted by Crippen LogP contribution is 2.24. The van der Waals surface area contributed by atoms with Crippen molar-refractivity contribution in [2.45, 2.75) is 47.5 Å². The number of hydrogen-bond donors (Lipinski definition) is 1. The average molecular weight is 249 g/mol. The fraction of sp³-hybridized carbons (Fsp3) is 0.625. The third kappa shape index (κ3) is 4.34. The quantitative estimate of drug-likeness (QED) is 0.779. The fourth-order valence-electron chi connectivity index (χ4n) is 1.99. The van der Waals surface area contributed by atoms with Gasteiger partial charge in [-0.1, -0.05) is 19.9 Å². The molecular formula is C16H27NO. The van der Waals surface area contributed by atoms with Crippen molar-refractivity contribution in [1.82, 2.24) is 0 Å². The molecule has 0 radical (unpaired) electrons. The molecule has 1 aromatic carbocycles. The van der Waals surface area contributed by atoms with Crippen molar-refractivity contribution in [3.05, 3.63) is 28.8 Å². The Labute approximate surface area is 112 Å². The van der Waals surface area contributed by atoms with Crippen molar-refractivity contribution in [1.29, 1.82) is 0 Å². The molecule has 2 nitrogen and oxygen atoms in total. The summed E-state index contributed by atoms with van der Waals surface area (Å²) in [6, 6.07) is 4.32. The molecule has 0 aliphatic carbocycles. The average Bonchev–Trinajstić information content (AvgIpc) is 2.30. The summed E-state index contributed by atoms with van der Waals surface area (Å²) < 4.78 is 5.90. The molecule has 1 rings (SSSR count). The number of hydrogen-bond acceptors (Lipinski definition) is 2. The van der Waals surface area contributed by atoms with Crippen LogP contribution in [0.1, 0.15) is 43.4 Å². The molecule has 0 atom stereocenters. The zero-order valence-electron chi connectivity index (χ0n) is 12.5. The van der Waals surface area contributed by atoms with Crippen LogP contribution in [0.5, 0.6) is 5.75 Å². The van der Waals surface area contributed by atoms with Crippen molar-refractivity contribution >= 4 is 0 Å². The van der Waals surface area contributed by atoms with E-state index in [4.69, 9.17) is 10.5 Å². The molecule has 0 spiro atoms. The molecular weight excluding hydrogens is 222 g/mol. The lowest BCUT2D eigenvalue weighted by atomic mass is 9.88. The molecule has 0 saturated carbocycles. The van der Waals surface area contributed by atoms with Gasteiger partial charge in [-0.15, -0.1) is 0 Å². The molecule has 0 fully saturated rings. The van der Waals surface area contributed by atoms with Gasteiger partial charge in [-0.2, -0.15) is 0 Å². The summed E-state index contributed by atoms with van der Waals surface area (Å²) in [5, 5.41) is 0. The van der Waals surface area contributed by atoms with Crippen LogP contribution < -0.4 is 10.5 Å². The third-order valence-corrected chi connectivity index (χ3v) is 3.57. The standard InChI is InChI=1S/C16H27NO/c1-12-9-13(2)14(3)15(10-12)18-8-6-7-16(4,5)11-17/h9-10H,6-8,11,17H2,1-5H3. The smallest absolute Gasteiger partial charge is 0.122 e. The summed E-state index contributed by atoms with van der Waals surface area (Å²) >= 11 is 0. The number of aryl methyl sites for hydroxylation is 2. The largest absolute Gasteiger partial charge is 0.493 e. The predicted octanol–water partition coefficient (Wildman–Crippen LogP) is 3.76. The number of rotatable bonds is 6. The van der Waals surface area contributed by atoms with E-state index in [-0.39, 0.29) is 5.41 Å². The lowest BCUT2D eigenvalue weighted by molar-refractivity contribution is 0.260. The first-order valence-electron chi connectivity index (χ1n) is 6.76. The lowest BCUT2D eigenvalue weighted by Gasteiger charge is -2.22. The monoisotopic (exact) mass is 249 g/mol. The Morgan fingerprint density at radius 1 is 1.17 bits per heavy atom. The van der Waals surface area contributed by atoms with Crippen LogP contribution in [0.25, 0.3) is 0 Å². The van der Waals surface area contributed by atoms with Gasteiger partial charge < -0.3 is 10.5 Å². The van der Waals surface area contributed by atoms with Crippen molar-refractivity contribution in [3.63, 3.8) is 0 Å². The van der Waals surface area contributed by atoms with Crippen molar-refractivity contribution in [3.8, 4) is 5.75 Å². The van der Waals surface area contributed by atoms with Crippen molar-refractivity contribution < 1.29 is 4.74 Å². The summed E-state index contributed by atoms with van der Waals surface area (Å²) in [6.07, 6.45) is 2.16. The maximum absolute atomic E-state index is 5.90. The number of ether oxygens (including phenoxy) is 1. The lowest BCUT2D eigenvalue weighted by Crippen LogP contribution is -2.24. The van der Waals surface area contributed by atoms with E-state index >= 15 is 0 Å².